The third-order valence-electron chi connectivity index (χ3n) is 3.52. The first kappa shape index (κ1) is 16.2. The first-order chi connectivity index (χ1) is 9.02. The molecule has 1 heterocycles. The average Bonchev–Trinajstić information content (AvgIpc) is 2.58. The predicted octanol–water partition coefficient (Wildman–Crippen LogP) is 1.95. The topological polar surface area (TPSA) is 41.9 Å². The smallest absolute Gasteiger partial charge is 0.0628 e. The highest BCUT2D eigenvalue weighted by molar-refractivity contribution is 5.24. The van der Waals surface area contributed by atoms with E-state index in [0.29, 0.717) is 6.04 Å². The lowest BCUT2D eigenvalue weighted by Crippen LogP contribution is -2.27. The summed E-state index contributed by atoms with van der Waals surface area (Å²) in [4.78, 5) is 0. The molecule has 0 fully saturated rings. The van der Waals surface area contributed by atoms with Crippen molar-refractivity contribution in [1.29, 1.82) is 0 Å². The fraction of sp³-hybridized carbons (Fsp3) is 0.800. The summed E-state index contributed by atoms with van der Waals surface area (Å²) in [5.41, 5.74) is 3.91. The summed E-state index contributed by atoms with van der Waals surface area (Å²) >= 11 is 0. The fourth-order valence-electron chi connectivity index (χ4n) is 2.30. The highest BCUT2D eigenvalue weighted by Gasteiger charge is 2.08. The van der Waals surface area contributed by atoms with Crippen LogP contribution in [0.15, 0.2) is 0 Å². The fourth-order valence-corrected chi connectivity index (χ4v) is 2.30. The standard InChI is InChI=1S/C15H30N4/c1-12(2)17-11-7-10-16-9-6-8-15-13(3)18-19(5)14(15)4/h12,16-17H,6-11H2,1-5H3. The summed E-state index contributed by atoms with van der Waals surface area (Å²) < 4.78 is 1.98. The summed E-state index contributed by atoms with van der Waals surface area (Å²) in [5.74, 6) is 0. The Morgan fingerprint density at radius 1 is 1.11 bits per heavy atom. The lowest BCUT2D eigenvalue weighted by atomic mass is 10.1. The zero-order valence-electron chi connectivity index (χ0n) is 13.2. The van der Waals surface area contributed by atoms with Crippen LogP contribution in [0.5, 0.6) is 0 Å². The van der Waals surface area contributed by atoms with Gasteiger partial charge in [0.15, 0.2) is 0 Å². The van der Waals surface area contributed by atoms with Gasteiger partial charge in [-0.15, -0.1) is 0 Å². The Balaban J connectivity index is 2.08. The van der Waals surface area contributed by atoms with Crippen molar-refractivity contribution < 1.29 is 0 Å². The van der Waals surface area contributed by atoms with Gasteiger partial charge >= 0.3 is 0 Å². The van der Waals surface area contributed by atoms with Gasteiger partial charge in [-0.2, -0.15) is 5.10 Å². The largest absolute Gasteiger partial charge is 0.317 e. The minimum atomic E-state index is 0.594. The molecule has 4 heteroatoms. The van der Waals surface area contributed by atoms with E-state index in [2.05, 4.69) is 43.4 Å². The molecule has 2 N–H and O–H groups in total. The molecule has 0 aromatic carbocycles. The third kappa shape index (κ3) is 5.74. The number of aryl methyl sites for hydroxylation is 2. The average molecular weight is 266 g/mol. The SMILES string of the molecule is Cc1nn(C)c(C)c1CCCNCCCNC(C)C. The minimum absolute atomic E-state index is 0.594. The molecule has 0 radical (unpaired) electrons. The van der Waals surface area contributed by atoms with Crippen molar-refractivity contribution >= 4 is 0 Å². The van der Waals surface area contributed by atoms with E-state index >= 15 is 0 Å². The van der Waals surface area contributed by atoms with Crippen molar-refractivity contribution in [2.45, 2.75) is 53.0 Å². The Morgan fingerprint density at radius 2 is 1.79 bits per heavy atom. The van der Waals surface area contributed by atoms with Gasteiger partial charge in [-0.05, 0) is 58.3 Å². The van der Waals surface area contributed by atoms with Crippen LogP contribution in [0.2, 0.25) is 0 Å². The van der Waals surface area contributed by atoms with Gasteiger partial charge in [0.05, 0.1) is 5.69 Å². The summed E-state index contributed by atoms with van der Waals surface area (Å²) in [6.07, 6.45) is 3.51. The van der Waals surface area contributed by atoms with E-state index in [0.717, 1.165) is 26.1 Å². The number of hydrogen-bond acceptors (Lipinski definition) is 3. The van der Waals surface area contributed by atoms with Crippen molar-refractivity contribution in [2.75, 3.05) is 19.6 Å². The quantitative estimate of drug-likeness (QED) is 0.671. The third-order valence-corrected chi connectivity index (χ3v) is 3.52. The molecule has 0 saturated carbocycles. The van der Waals surface area contributed by atoms with E-state index in [1.807, 2.05) is 11.7 Å². The van der Waals surface area contributed by atoms with Crippen LogP contribution < -0.4 is 10.6 Å². The number of hydrogen-bond donors (Lipinski definition) is 2. The summed E-state index contributed by atoms with van der Waals surface area (Å²) in [6, 6.07) is 0.594. The van der Waals surface area contributed by atoms with Gasteiger partial charge in [0, 0.05) is 18.8 Å². The summed E-state index contributed by atoms with van der Waals surface area (Å²) in [6.45, 7) is 11.9. The highest BCUT2D eigenvalue weighted by Crippen LogP contribution is 2.13. The van der Waals surface area contributed by atoms with Crippen molar-refractivity contribution in [3.8, 4) is 0 Å². The van der Waals surface area contributed by atoms with Crippen LogP contribution in [0.3, 0.4) is 0 Å². The second kappa shape index (κ2) is 8.33. The van der Waals surface area contributed by atoms with E-state index in [9.17, 15) is 0 Å². The van der Waals surface area contributed by atoms with Gasteiger partial charge in [0.1, 0.15) is 0 Å². The van der Waals surface area contributed by atoms with E-state index in [-0.39, 0.29) is 0 Å². The van der Waals surface area contributed by atoms with E-state index in [1.54, 1.807) is 0 Å². The second-order valence-corrected chi connectivity index (χ2v) is 5.59. The van der Waals surface area contributed by atoms with Gasteiger partial charge in [0.2, 0.25) is 0 Å². The predicted molar refractivity (Wildman–Crippen MR) is 81.6 cm³/mol. The first-order valence-electron chi connectivity index (χ1n) is 7.45. The van der Waals surface area contributed by atoms with Crippen molar-refractivity contribution in [1.82, 2.24) is 20.4 Å². The summed E-state index contributed by atoms with van der Waals surface area (Å²) in [7, 11) is 2.02. The molecule has 0 aliphatic carbocycles. The van der Waals surface area contributed by atoms with Crippen LogP contribution in [0.4, 0.5) is 0 Å². The Kier molecular flexibility index (Phi) is 7.10. The Bertz CT molecular complexity index is 368. The molecule has 0 bridgehead atoms. The maximum absolute atomic E-state index is 4.45. The zero-order chi connectivity index (χ0) is 14.3. The normalized spacial score (nSPS) is 11.5. The van der Waals surface area contributed by atoms with E-state index in [4.69, 9.17) is 0 Å². The van der Waals surface area contributed by atoms with Crippen molar-refractivity contribution in [3.05, 3.63) is 17.0 Å². The number of rotatable bonds is 9. The van der Waals surface area contributed by atoms with E-state index < -0.39 is 0 Å². The maximum Gasteiger partial charge on any atom is 0.0628 e. The second-order valence-electron chi connectivity index (χ2n) is 5.59. The monoisotopic (exact) mass is 266 g/mol. The minimum Gasteiger partial charge on any atom is -0.317 e. The molecule has 0 atom stereocenters. The molecule has 110 valence electrons. The maximum atomic E-state index is 4.45. The van der Waals surface area contributed by atoms with Crippen LogP contribution >= 0.6 is 0 Å². The Hall–Kier alpha value is -0.870. The van der Waals surface area contributed by atoms with Gasteiger partial charge in [-0.1, -0.05) is 13.8 Å². The highest BCUT2D eigenvalue weighted by atomic mass is 15.3. The van der Waals surface area contributed by atoms with Crippen LogP contribution in [0.1, 0.15) is 43.6 Å². The van der Waals surface area contributed by atoms with Crippen LogP contribution in [-0.2, 0) is 13.5 Å². The van der Waals surface area contributed by atoms with Crippen molar-refractivity contribution in [3.63, 3.8) is 0 Å². The molecule has 19 heavy (non-hydrogen) atoms. The van der Waals surface area contributed by atoms with Gasteiger partial charge in [-0.25, -0.2) is 0 Å². The van der Waals surface area contributed by atoms with Crippen molar-refractivity contribution in [2.24, 2.45) is 7.05 Å². The lowest BCUT2D eigenvalue weighted by Gasteiger charge is -2.08. The lowest BCUT2D eigenvalue weighted by molar-refractivity contribution is 0.543. The van der Waals surface area contributed by atoms with E-state index in [1.165, 1.54) is 29.8 Å². The van der Waals surface area contributed by atoms with Crippen LogP contribution in [0, 0.1) is 13.8 Å². The van der Waals surface area contributed by atoms with Crippen LogP contribution in [-0.4, -0.2) is 35.5 Å². The van der Waals surface area contributed by atoms with Gasteiger partial charge in [-0.3, -0.25) is 4.68 Å². The molecule has 0 saturated heterocycles. The molecule has 1 aromatic heterocycles. The van der Waals surface area contributed by atoms with Gasteiger partial charge in [0.25, 0.3) is 0 Å². The number of aromatic nitrogens is 2. The first-order valence-corrected chi connectivity index (χ1v) is 7.45. The molecular formula is C15H30N4. The molecule has 1 aromatic rings. The molecule has 0 aliphatic heterocycles. The number of nitrogens with zero attached hydrogens (tertiary/aromatic N) is 2. The Morgan fingerprint density at radius 3 is 2.37 bits per heavy atom. The molecule has 0 unspecified atom stereocenters. The zero-order valence-corrected chi connectivity index (χ0v) is 13.2. The molecule has 0 spiro atoms. The summed E-state index contributed by atoms with van der Waals surface area (Å²) in [5, 5.41) is 11.4. The molecule has 1 rings (SSSR count). The molecule has 0 aliphatic rings. The van der Waals surface area contributed by atoms with Gasteiger partial charge < -0.3 is 10.6 Å². The number of nitrogens with one attached hydrogen (secondary N) is 2. The molecule has 0 amide bonds. The molecule has 4 nitrogen and oxygen atoms in total. The van der Waals surface area contributed by atoms with Crippen LogP contribution in [0.25, 0.3) is 0 Å². The molecular weight excluding hydrogens is 236 g/mol. The Labute approximate surface area is 118 Å².